The molecule has 1 rings (SSSR count). The topological polar surface area (TPSA) is 89.0 Å². The third-order valence-electron chi connectivity index (χ3n) is 3.17. The van der Waals surface area contributed by atoms with Gasteiger partial charge in [-0.2, -0.15) is 0 Å². The average molecular weight is 302 g/mol. The Balaban J connectivity index is 2.44. The summed E-state index contributed by atoms with van der Waals surface area (Å²) in [5.74, 6) is 0.536. The molecule has 1 aromatic heterocycles. The van der Waals surface area contributed by atoms with Crippen LogP contribution in [0.1, 0.15) is 26.7 Å². The molecule has 7 nitrogen and oxygen atoms in total. The van der Waals surface area contributed by atoms with Gasteiger partial charge in [-0.05, 0) is 33.7 Å². The largest absolute Gasteiger partial charge is 0.465 e. The van der Waals surface area contributed by atoms with Crippen LogP contribution in [0.3, 0.4) is 0 Å². The maximum Gasteiger partial charge on any atom is 0.343 e. The first-order valence-corrected chi connectivity index (χ1v) is 7.53. The number of carbonyl (C=O) groups excluding carboxylic acids is 1. The number of nitrogens with zero attached hydrogens (tertiary/aromatic N) is 2. The van der Waals surface area contributed by atoms with Gasteiger partial charge in [-0.3, -0.25) is 9.36 Å². The van der Waals surface area contributed by atoms with Crippen molar-refractivity contribution in [2.75, 3.05) is 19.4 Å². The van der Waals surface area contributed by atoms with Crippen molar-refractivity contribution in [1.82, 2.24) is 20.1 Å². The lowest BCUT2D eigenvalue weighted by Crippen LogP contribution is -2.48. The van der Waals surface area contributed by atoms with Crippen LogP contribution in [0.5, 0.6) is 0 Å². The zero-order valence-electron chi connectivity index (χ0n) is 12.4. The second-order valence-electron chi connectivity index (χ2n) is 4.62. The number of aromatic amines is 1. The molecule has 0 fully saturated rings. The average Bonchev–Trinajstić information content (AvgIpc) is 2.75. The number of esters is 1. The molecule has 0 saturated heterocycles. The Morgan fingerprint density at radius 3 is 2.80 bits per heavy atom. The van der Waals surface area contributed by atoms with Gasteiger partial charge in [0.05, 0.1) is 6.61 Å². The molecule has 0 spiro atoms. The molecule has 1 atom stereocenters. The number of thioether (sulfide) groups is 1. The zero-order valence-corrected chi connectivity index (χ0v) is 13.2. The van der Waals surface area contributed by atoms with E-state index in [0.29, 0.717) is 18.2 Å². The number of rotatable bonds is 8. The first-order chi connectivity index (χ1) is 9.44. The molecule has 0 aliphatic rings. The van der Waals surface area contributed by atoms with Crippen LogP contribution in [0.25, 0.3) is 0 Å². The zero-order chi connectivity index (χ0) is 15.2. The van der Waals surface area contributed by atoms with Crippen LogP contribution in [0, 0.1) is 0 Å². The smallest absolute Gasteiger partial charge is 0.343 e. The quantitative estimate of drug-likeness (QED) is 0.413. The number of H-pyrrole nitrogens is 1. The van der Waals surface area contributed by atoms with Crippen molar-refractivity contribution in [1.29, 1.82) is 0 Å². The molecule has 0 amide bonds. The van der Waals surface area contributed by atoms with Crippen LogP contribution in [-0.2, 0) is 16.6 Å². The molecule has 0 bridgehead atoms. The highest BCUT2D eigenvalue weighted by Gasteiger charge is 2.32. The van der Waals surface area contributed by atoms with Crippen molar-refractivity contribution in [2.24, 2.45) is 7.05 Å². The predicted octanol–water partition coefficient (Wildman–Crippen LogP) is 0.522. The second-order valence-corrected chi connectivity index (χ2v) is 5.69. The van der Waals surface area contributed by atoms with E-state index in [1.54, 1.807) is 21.0 Å². The monoisotopic (exact) mass is 302 g/mol. The summed E-state index contributed by atoms with van der Waals surface area (Å²) in [4.78, 5) is 23.1. The predicted molar refractivity (Wildman–Crippen MR) is 77.9 cm³/mol. The number of likely N-dealkylation sites (N-methyl/N-ethyl adjacent to an activating group) is 1. The minimum atomic E-state index is -0.673. The Hall–Kier alpha value is -1.28. The Morgan fingerprint density at radius 2 is 2.30 bits per heavy atom. The number of aromatic nitrogens is 3. The lowest BCUT2D eigenvalue weighted by Gasteiger charge is -2.26. The van der Waals surface area contributed by atoms with Crippen molar-refractivity contribution >= 4 is 17.7 Å². The number of carbonyl (C=O) groups is 1. The van der Waals surface area contributed by atoms with Gasteiger partial charge < -0.3 is 10.1 Å². The lowest BCUT2D eigenvalue weighted by molar-refractivity contribution is -0.150. The third kappa shape index (κ3) is 4.11. The fraction of sp³-hybridized carbons (Fsp3) is 0.750. The van der Waals surface area contributed by atoms with Crippen LogP contribution in [-0.4, -0.2) is 45.7 Å². The Kier molecular flexibility index (Phi) is 6.28. The van der Waals surface area contributed by atoms with Crippen molar-refractivity contribution in [2.45, 2.75) is 37.4 Å². The molecule has 0 radical (unpaired) electrons. The molecule has 2 N–H and O–H groups in total. The van der Waals surface area contributed by atoms with Gasteiger partial charge in [-0.15, -0.1) is 5.10 Å². The second kappa shape index (κ2) is 7.49. The molecule has 20 heavy (non-hydrogen) atoms. The summed E-state index contributed by atoms with van der Waals surface area (Å²) in [5, 5.41) is 9.97. The van der Waals surface area contributed by atoms with E-state index < -0.39 is 5.54 Å². The van der Waals surface area contributed by atoms with Crippen LogP contribution < -0.4 is 11.0 Å². The van der Waals surface area contributed by atoms with E-state index in [9.17, 15) is 9.59 Å². The molecule has 1 aromatic rings. The van der Waals surface area contributed by atoms with E-state index >= 15 is 0 Å². The van der Waals surface area contributed by atoms with Crippen molar-refractivity contribution in [3.05, 3.63) is 10.5 Å². The maximum atomic E-state index is 11.9. The van der Waals surface area contributed by atoms with Crippen LogP contribution >= 0.6 is 11.8 Å². The van der Waals surface area contributed by atoms with Gasteiger partial charge in [0.2, 0.25) is 0 Å². The highest BCUT2D eigenvalue weighted by molar-refractivity contribution is 7.99. The molecular weight excluding hydrogens is 280 g/mol. The van der Waals surface area contributed by atoms with E-state index in [4.69, 9.17) is 4.74 Å². The maximum absolute atomic E-state index is 11.9. The summed E-state index contributed by atoms with van der Waals surface area (Å²) in [6.07, 6.45) is 1.47. The SMILES string of the molecule is CCOC(=O)C(C)(CCCSc1n[nH]c(=O)n1C)NC. The summed E-state index contributed by atoms with van der Waals surface area (Å²) in [5.41, 5.74) is -0.896. The van der Waals surface area contributed by atoms with E-state index in [-0.39, 0.29) is 11.7 Å². The molecule has 1 unspecified atom stereocenters. The van der Waals surface area contributed by atoms with Gasteiger partial charge >= 0.3 is 11.7 Å². The van der Waals surface area contributed by atoms with Crippen LogP contribution in [0.2, 0.25) is 0 Å². The van der Waals surface area contributed by atoms with Crippen molar-refractivity contribution in [3.8, 4) is 0 Å². The molecule has 1 heterocycles. The molecule has 0 aliphatic heterocycles. The van der Waals surface area contributed by atoms with Crippen molar-refractivity contribution in [3.63, 3.8) is 0 Å². The first-order valence-electron chi connectivity index (χ1n) is 6.55. The molecule has 8 heteroatoms. The van der Waals surface area contributed by atoms with E-state index in [1.807, 2.05) is 6.92 Å². The fourth-order valence-electron chi connectivity index (χ4n) is 1.67. The minimum absolute atomic E-state index is 0.223. The summed E-state index contributed by atoms with van der Waals surface area (Å²) in [7, 11) is 3.42. The van der Waals surface area contributed by atoms with Crippen LogP contribution in [0.15, 0.2) is 9.95 Å². The van der Waals surface area contributed by atoms with Crippen LogP contribution in [0.4, 0.5) is 0 Å². The Bertz CT molecular complexity index is 499. The third-order valence-corrected chi connectivity index (χ3v) is 4.28. The summed E-state index contributed by atoms with van der Waals surface area (Å²) in [6.45, 7) is 4.00. The fourth-order valence-corrected chi connectivity index (χ4v) is 2.53. The minimum Gasteiger partial charge on any atom is -0.465 e. The molecule has 0 saturated carbocycles. The standard InChI is InChI=1S/C12H22N4O3S/c1-5-19-9(17)12(2,13-3)7-6-8-20-11-15-14-10(18)16(11)4/h13H,5-8H2,1-4H3,(H,14,18). The molecular formula is C12H22N4O3S. The summed E-state index contributed by atoms with van der Waals surface area (Å²) >= 11 is 1.48. The van der Waals surface area contributed by atoms with Gasteiger partial charge in [-0.1, -0.05) is 11.8 Å². The number of hydrogen-bond donors (Lipinski definition) is 2. The Morgan fingerprint density at radius 1 is 1.60 bits per heavy atom. The molecule has 0 aromatic carbocycles. The number of ether oxygens (including phenoxy) is 1. The lowest BCUT2D eigenvalue weighted by atomic mass is 9.97. The van der Waals surface area contributed by atoms with Gasteiger partial charge in [0.1, 0.15) is 5.54 Å². The normalized spacial score (nSPS) is 14.0. The summed E-state index contributed by atoms with van der Waals surface area (Å²) in [6, 6.07) is 0. The molecule has 114 valence electrons. The van der Waals surface area contributed by atoms with E-state index in [0.717, 1.165) is 12.2 Å². The van der Waals surface area contributed by atoms with Gasteiger partial charge in [-0.25, -0.2) is 9.89 Å². The first kappa shape index (κ1) is 16.8. The van der Waals surface area contributed by atoms with E-state index in [2.05, 4.69) is 15.5 Å². The number of nitrogens with one attached hydrogen (secondary N) is 2. The van der Waals surface area contributed by atoms with E-state index in [1.165, 1.54) is 16.3 Å². The van der Waals surface area contributed by atoms with Gasteiger partial charge in [0.15, 0.2) is 5.16 Å². The van der Waals surface area contributed by atoms with Crippen molar-refractivity contribution < 1.29 is 9.53 Å². The highest BCUT2D eigenvalue weighted by Crippen LogP contribution is 2.19. The molecule has 0 aliphatic carbocycles. The van der Waals surface area contributed by atoms with Gasteiger partial charge in [0.25, 0.3) is 0 Å². The highest BCUT2D eigenvalue weighted by atomic mass is 32.2. The van der Waals surface area contributed by atoms with Gasteiger partial charge in [0, 0.05) is 12.8 Å². The summed E-state index contributed by atoms with van der Waals surface area (Å²) < 4.78 is 6.53. The Labute approximate surface area is 122 Å². The number of hydrogen-bond acceptors (Lipinski definition) is 6.